The van der Waals surface area contributed by atoms with Crippen LogP contribution in [0, 0.1) is 0 Å². The van der Waals surface area contributed by atoms with Gasteiger partial charge in [0.15, 0.2) is 0 Å². The summed E-state index contributed by atoms with van der Waals surface area (Å²) >= 11 is 0. The van der Waals surface area contributed by atoms with Crippen molar-refractivity contribution in [3.05, 3.63) is 0 Å². The molecule has 5 heteroatoms. The van der Waals surface area contributed by atoms with Crippen molar-refractivity contribution in [2.24, 2.45) is 5.73 Å². The van der Waals surface area contributed by atoms with Gasteiger partial charge in [0.05, 0.1) is 12.6 Å². The van der Waals surface area contributed by atoms with Gasteiger partial charge in [-0.1, -0.05) is 6.92 Å². The molecule has 0 aromatic rings. The minimum Gasteiger partial charge on any atom is -0.368 e. The lowest BCUT2D eigenvalue weighted by Gasteiger charge is -2.12. The summed E-state index contributed by atoms with van der Waals surface area (Å²) in [4.78, 5) is 22.0. The van der Waals surface area contributed by atoms with Crippen LogP contribution in [0.2, 0.25) is 0 Å². The van der Waals surface area contributed by atoms with Crippen molar-refractivity contribution in [2.75, 3.05) is 6.54 Å². The predicted molar refractivity (Wildman–Crippen MR) is 52.4 cm³/mol. The lowest BCUT2D eigenvalue weighted by molar-refractivity contribution is -0.121. The Balaban J connectivity index is 2.16. The summed E-state index contributed by atoms with van der Waals surface area (Å²) in [5.74, 6) is -0.473. The Kier molecular flexibility index (Phi) is 3.88. The largest absolute Gasteiger partial charge is 0.368 e. The maximum absolute atomic E-state index is 11.2. The van der Waals surface area contributed by atoms with Gasteiger partial charge in [0.1, 0.15) is 0 Å². The van der Waals surface area contributed by atoms with Gasteiger partial charge >= 0.3 is 0 Å². The number of carbonyl (C=O) groups is 2. The molecule has 1 unspecified atom stereocenters. The third-order valence-electron chi connectivity index (χ3n) is 2.20. The third kappa shape index (κ3) is 3.74. The Morgan fingerprint density at radius 1 is 1.50 bits per heavy atom. The van der Waals surface area contributed by atoms with Crippen LogP contribution in [-0.4, -0.2) is 30.4 Å². The fourth-order valence-corrected chi connectivity index (χ4v) is 1.17. The molecule has 80 valence electrons. The summed E-state index contributed by atoms with van der Waals surface area (Å²) < 4.78 is 0. The van der Waals surface area contributed by atoms with Crippen LogP contribution < -0.4 is 16.4 Å². The van der Waals surface area contributed by atoms with Gasteiger partial charge in [0.2, 0.25) is 11.8 Å². The quantitative estimate of drug-likeness (QED) is 0.519. The predicted octanol–water partition coefficient (Wildman–Crippen LogP) is -0.881. The van der Waals surface area contributed by atoms with Gasteiger partial charge in [-0.2, -0.15) is 0 Å². The minimum absolute atomic E-state index is 0.0628. The van der Waals surface area contributed by atoms with E-state index in [4.69, 9.17) is 5.73 Å². The van der Waals surface area contributed by atoms with Gasteiger partial charge in [0, 0.05) is 6.04 Å². The highest BCUT2D eigenvalue weighted by Gasteiger charge is 2.23. The fraction of sp³-hybridized carbons (Fsp3) is 0.778. The molecule has 1 fully saturated rings. The molecule has 0 bridgehead atoms. The smallest absolute Gasteiger partial charge is 0.234 e. The Bertz CT molecular complexity index is 226. The van der Waals surface area contributed by atoms with Crippen molar-refractivity contribution >= 4 is 11.8 Å². The van der Waals surface area contributed by atoms with E-state index in [1.165, 1.54) is 0 Å². The second-order valence-corrected chi connectivity index (χ2v) is 3.59. The molecule has 0 aliphatic heterocycles. The second kappa shape index (κ2) is 4.95. The van der Waals surface area contributed by atoms with Gasteiger partial charge in [0.25, 0.3) is 0 Å². The molecule has 1 rings (SSSR count). The van der Waals surface area contributed by atoms with Crippen molar-refractivity contribution in [2.45, 2.75) is 38.3 Å². The number of nitrogens with two attached hydrogens (primary N) is 1. The first-order valence-corrected chi connectivity index (χ1v) is 4.95. The molecule has 14 heavy (non-hydrogen) atoms. The molecular weight excluding hydrogens is 182 g/mol. The molecule has 1 atom stereocenters. The van der Waals surface area contributed by atoms with Crippen LogP contribution in [0.1, 0.15) is 26.2 Å². The monoisotopic (exact) mass is 199 g/mol. The van der Waals surface area contributed by atoms with Gasteiger partial charge in [-0.3, -0.25) is 14.9 Å². The molecule has 0 saturated heterocycles. The van der Waals surface area contributed by atoms with Gasteiger partial charge < -0.3 is 11.1 Å². The summed E-state index contributed by atoms with van der Waals surface area (Å²) in [5, 5.41) is 5.63. The summed E-state index contributed by atoms with van der Waals surface area (Å²) in [6, 6.07) is -0.0436. The first-order valence-electron chi connectivity index (χ1n) is 4.95. The Hall–Kier alpha value is -1.10. The first kappa shape index (κ1) is 11.0. The molecule has 0 aromatic heterocycles. The number of rotatable bonds is 6. The average molecular weight is 199 g/mol. The maximum Gasteiger partial charge on any atom is 0.234 e. The molecule has 1 aliphatic carbocycles. The minimum atomic E-state index is -0.410. The molecule has 5 nitrogen and oxygen atoms in total. The highest BCUT2D eigenvalue weighted by atomic mass is 16.2. The van der Waals surface area contributed by atoms with Crippen molar-refractivity contribution < 1.29 is 9.59 Å². The van der Waals surface area contributed by atoms with Crippen LogP contribution in [0.15, 0.2) is 0 Å². The van der Waals surface area contributed by atoms with Crippen molar-refractivity contribution in [1.29, 1.82) is 0 Å². The van der Waals surface area contributed by atoms with Gasteiger partial charge in [-0.05, 0) is 19.3 Å². The Morgan fingerprint density at radius 2 is 2.14 bits per heavy atom. The fourth-order valence-electron chi connectivity index (χ4n) is 1.17. The van der Waals surface area contributed by atoms with E-state index in [2.05, 4.69) is 10.6 Å². The lowest BCUT2D eigenvalue weighted by atomic mass is 10.2. The number of hydrogen-bond acceptors (Lipinski definition) is 3. The molecule has 2 amide bonds. The van der Waals surface area contributed by atoms with E-state index in [1.54, 1.807) is 0 Å². The number of nitrogens with one attached hydrogen (secondary N) is 2. The highest BCUT2D eigenvalue weighted by molar-refractivity contribution is 5.82. The van der Waals surface area contributed by atoms with E-state index in [0.717, 1.165) is 12.8 Å². The van der Waals surface area contributed by atoms with E-state index in [1.807, 2.05) is 6.92 Å². The van der Waals surface area contributed by atoms with Crippen LogP contribution in [0.3, 0.4) is 0 Å². The summed E-state index contributed by atoms with van der Waals surface area (Å²) in [6.45, 7) is 2.01. The zero-order chi connectivity index (χ0) is 10.6. The number of hydrogen-bond donors (Lipinski definition) is 3. The van der Waals surface area contributed by atoms with E-state index in [0.29, 0.717) is 12.5 Å². The van der Waals surface area contributed by atoms with Crippen LogP contribution in [-0.2, 0) is 9.59 Å². The van der Waals surface area contributed by atoms with E-state index in [9.17, 15) is 9.59 Å². The molecule has 0 heterocycles. The van der Waals surface area contributed by atoms with Crippen molar-refractivity contribution in [3.8, 4) is 0 Å². The number of amides is 2. The average Bonchev–Trinajstić information content (AvgIpc) is 2.88. The Morgan fingerprint density at radius 3 is 2.57 bits per heavy atom. The molecule has 4 N–H and O–H groups in total. The lowest BCUT2D eigenvalue weighted by Crippen LogP contribution is -2.45. The maximum atomic E-state index is 11.2. The van der Waals surface area contributed by atoms with E-state index in [-0.39, 0.29) is 12.5 Å². The van der Waals surface area contributed by atoms with Crippen molar-refractivity contribution in [3.63, 3.8) is 0 Å². The van der Waals surface area contributed by atoms with Gasteiger partial charge in [-0.25, -0.2) is 0 Å². The van der Waals surface area contributed by atoms with Crippen LogP contribution >= 0.6 is 0 Å². The number of carbonyl (C=O) groups excluding carboxylic acids is 2. The SMILES string of the molecule is CCC(NCC(=O)NC1CC1)C(N)=O. The normalized spacial score (nSPS) is 17.5. The third-order valence-corrected chi connectivity index (χ3v) is 2.20. The second-order valence-electron chi connectivity index (χ2n) is 3.59. The van der Waals surface area contributed by atoms with E-state index >= 15 is 0 Å². The molecule has 0 radical (unpaired) electrons. The summed E-state index contributed by atoms with van der Waals surface area (Å²) in [6.07, 6.45) is 2.74. The summed E-state index contributed by atoms with van der Waals surface area (Å²) in [7, 11) is 0. The zero-order valence-corrected chi connectivity index (χ0v) is 8.38. The van der Waals surface area contributed by atoms with E-state index < -0.39 is 11.9 Å². The topological polar surface area (TPSA) is 84.2 Å². The van der Waals surface area contributed by atoms with Crippen LogP contribution in [0.25, 0.3) is 0 Å². The van der Waals surface area contributed by atoms with Crippen LogP contribution in [0.4, 0.5) is 0 Å². The van der Waals surface area contributed by atoms with Crippen molar-refractivity contribution in [1.82, 2.24) is 10.6 Å². The Labute approximate surface area is 83.4 Å². The molecule has 0 spiro atoms. The van der Waals surface area contributed by atoms with Crippen LogP contribution in [0.5, 0.6) is 0 Å². The molecule has 0 aromatic carbocycles. The molecular formula is C9H17N3O2. The number of primary amides is 1. The standard InChI is InChI=1S/C9H17N3O2/c1-2-7(9(10)14)11-5-8(13)12-6-3-4-6/h6-7,11H,2-5H2,1H3,(H2,10,14)(H,12,13). The van der Waals surface area contributed by atoms with Gasteiger partial charge in [-0.15, -0.1) is 0 Å². The molecule has 1 aliphatic rings. The summed E-state index contributed by atoms with van der Waals surface area (Å²) in [5.41, 5.74) is 5.11. The molecule has 1 saturated carbocycles. The zero-order valence-electron chi connectivity index (χ0n) is 8.38. The first-order chi connectivity index (χ1) is 6.63. The highest BCUT2D eigenvalue weighted by Crippen LogP contribution is 2.18.